The SMILES string of the molecule is COC1C#CC(Cl)/C(Nc2ncccc2-c2ncnc(NC3=CC=C(N4CCC(O)CC4)CC3)n2)=C(Cl)\C(O)=C/1. The standard InChI is InChI=1S/C28H29Cl2N7O3/c1-40-20-8-9-22(29)25(24(30)23(39)15-20)35-26-21(3-2-12-31-26)27-32-16-33-28(36-27)34-17-4-6-18(7-5-17)37-13-10-19(38)11-14-37/h2-4,6,12,15-16,19-20,22,38-39H,5,7,10-11,13-14H2,1H3,(H,31,35)(H,32,33,34,36)/b23-15+,25-24-. The summed E-state index contributed by atoms with van der Waals surface area (Å²) in [6.45, 7) is 1.76. The second-order valence-corrected chi connectivity index (χ2v) is 10.3. The Morgan fingerprint density at radius 1 is 1.10 bits per heavy atom. The van der Waals surface area contributed by atoms with Gasteiger partial charge in [0.15, 0.2) is 5.82 Å². The average Bonchev–Trinajstić information content (AvgIpc) is 2.98. The number of ether oxygens (including phenoxy) is 1. The molecule has 2 atom stereocenters. The van der Waals surface area contributed by atoms with Crippen molar-refractivity contribution in [3.05, 3.63) is 70.8 Å². The Labute approximate surface area is 242 Å². The molecule has 10 nitrogen and oxygen atoms in total. The molecule has 0 bridgehead atoms. The van der Waals surface area contributed by atoms with Gasteiger partial charge in [0.25, 0.3) is 0 Å². The van der Waals surface area contributed by atoms with Gasteiger partial charge in [-0.2, -0.15) is 4.98 Å². The van der Waals surface area contributed by atoms with Crippen molar-refractivity contribution in [2.45, 2.75) is 43.3 Å². The summed E-state index contributed by atoms with van der Waals surface area (Å²) in [6, 6.07) is 3.57. The van der Waals surface area contributed by atoms with Crippen LogP contribution in [0.2, 0.25) is 0 Å². The maximum atomic E-state index is 10.5. The van der Waals surface area contributed by atoms with Crippen LogP contribution in [0.25, 0.3) is 11.4 Å². The van der Waals surface area contributed by atoms with Gasteiger partial charge >= 0.3 is 0 Å². The van der Waals surface area contributed by atoms with E-state index in [1.807, 2.05) is 12.1 Å². The summed E-state index contributed by atoms with van der Waals surface area (Å²) in [5.74, 6) is 6.67. The van der Waals surface area contributed by atoms with Gasteiger partial charge in [0.2, 0.25) is 5.95 Å². The first-order valence-electron chi connectivity index (χ1n) is 12.9. The van der Waals surface area contributed by atoms with Gasteiger partial charge in [0.05, 0.1) is 17.4 Å². The van der Waals surface area contributed by atoms with E-state index in [9.17, 15) is 10.2 Å². The minimum atomic E-state index is -0.863. The molecule has 0 amide bonds. The molecule has 40 heavy (non-hydrogen) atoms. The van der Waals surface area contributed by atoms with E-state index in [0.717, 1.165) is 44.5 Å². The van der Waals surface area contributed by atoms with Crippen molar-refractivity contribution in [3.63, 3.8) is 0 Å². The third-order valence-corrected chi connectivity index (χ3v) is 7.50. The number of nitrogens with zero attached hydrogens (tertiary/aromatic N) is 5. The lowest BCUT2D eigenvalue weighted by molar-refractivity contribution is 0.0955. The molecule has 3 aliphatic rings. The Kier molecular flexibility index (Phi) is 8.87. The predicted octanol–water partition coefficient (Wildman–Crippen LogP) is 4.31. The number of hydrogen-bond donors (Lipinski definition) is 4. The van der Waals surface area contributed by atoms with Crippen molar-refractivity contribution in [1.82, 2.24) is 24.8 Å². The Bertz CT molecular complexity index is 1440. The first kappa shape index (κ1) is 27.9. The highest BCUT2D eigenvalue weighted by Crippen LogP contribution is 2.31. The molecule has 208 valence electrons. The van der Waals surface area contributed by atoms with Crippen LogP contribution in [-0.4, -0.2) is 72.8 Å². The molecule has 1 saturated heterocycles. The molecule has 0 aromatic carbocycles. The summed E-state index contributed by atoms with van der Waals surface area (Å²) in [7, 11) is 1.48. The van der Waals surface area contributed by atoms with E-state index in [1.54, 1.807) is 12.3 Å². The van der Waals surface area contributed by atoms with Crippen LogP contribution in [0.3, 0.4) is 0 Å². The minimum Gasteiger partial charge on any atom is -0.507 e. The van der Waals surface area contributed by atoms with Crippen LogP contribution < -0.4 is 10.6 Å². The number of piperidine rings is 1. The number of methoxy groups -OCH3 is 1. The van der Waals surface area contributed by atoms with E-state index < -0.39 is 11.5 Å². The minimum absolute atomic E-state index is 0.00282. The molecule has 2 aromatic heterocycles. The molecular weight excluding hydrogens is 553 g/mol. The van der Waals surface area contributed by atoms with Gasteiger partial charge in [-0.05, 0) is 56.0 Å². The molecule has 2 aromatic rings. The quantitative estimate of drug-likeness (QED) is 0.277. The average molecular weight is 582 g/mol. The molecule has 1 aliphatic heterocycles. The topological polar surface area (TPSA) is 129 Å². The van der Waals surface area contributed by atoms with Crippen molar-refractivity contribution >= 4 is 35.0 Å². The number of aromatic nitrogens is 4. The highest BCUT2D eigenvalue weighted by molar-refractivity contribution is 6.34. The number of alkyl halides is 1. The lowest BCUT2D eigenvalue weighted by Gasteiger charge is -2.34. The van der Waals surface area contributed by atoms with Crippen molar-refractivity contribution < 1.29 is 14.9 Å². The number of likely N-dealkylation sites (tertiary alicyclic amines) is 1. The van der Waals surface area contributed by atoms with Crippen LogP contribution >= 0.6 is 23.2 Å². The van der Waals surface area contributed by atoms with Crippen LogP contribution in [0, 0.1) is 11.8 Å². The predicted molar refractivity (Wildman–Crippen MR) is 154 cm³/mol. The number of hydrogen-bond acceptors (Lipinski definition) is 10. The Balaban J connectivity index is 1.35. The van der Waals surface area contributed by atoms with Gasteiger partial charge in [-0.25, -0.2) is 15.0 Å². The van der Waals surface area contributed by atoms with Crippen molar-refractivity contribution in [3.8, 4) is 23.2 Å². The maximum absolute atomic E-state index is 10.5. The summed E-state index contributed by atoms with van der Waals surface area (Å²) in [5, 5.41) is 25.8. The van der Waals surface area contributed by atoms with Gasteiger partial charge in [0, 0.05) is 37.8 Å². The van der Waals surface area contributed by atoms with E-state index in [4.69, 9.17) is 27.9 Å². The number of aliphatic hydroxyl groups is 2. The number of rotatable bonds is 7. The normalized spacial score (nSPS) is 24.9. The Hall–Kier alpha value is -3.62. The third-order valence-electron chi connectivity index (χ3n) is 6.77. The second-order valence-electron chi connectivity index (χ2n) is 9.44. The summed E-state index contributed by atoms with van der Waals surface area (Å²) in [4.78, 5) is 20.0. The summed E-state index contributed by atoms with van der Waals surface area (Å²) >= 11 is 13.0. The van der Waals surface area contributed by atoms with E-state index in [2.05, 4.69) is 53.4 Å². The first-order valence-corrected chi connectivity index (χ1v) is 13.7. The van der Waals surface area contributed by atoms with Crippen LogP contribution in [0.5, 0.6) is 0 Å². The number of nitrogens with one attached hydrogen (secondary N) is 2. The third kappa shape index (κ3) is 6.57. The van der Waals surface area contributed by atoms with Gasteiger partial charge in [-0.3, -0.25) is 0 Å². The first-order chi connectivity index (χ1) is 19.4. The van der Waals surface area contributed by atoms with Crippen molar-refractivity contribution in [1.29, 1.82) is 0 Å². The molecule has 0 radical (unpaired) electrons. The zero-order valence-electron chi connectivity index (χ0n) is 21.8. The number of aliphatic hydroxyl groups excluding tert-OH is 2. The lowest BCUT2D eigenvalue weighted by atomic mass is 10.0. The maximum Gasteiger partial charge on any atom is 0.230 e. The largest absolute Gasteiger partial charge is 0.507 e. The number of halogens is 2. The van der Waals surface area contributed by atoms with Gasteiger partial charge in [-0.1, -0.05) is 23.4 Å². The monoisotopic (exact) mass is 581 g/mol. The highest BCUT2D eigenvalue weighted by Gasteiger charge is 2.23. The molecule has 0 saturated carbocycles. The summed E-state index contributed by atoms with van der Waals surface area (Å²) in [6.07, 6.45) is 11.1. The molecule has 1 fully saturated rings. The molecule has 3 heterocycles. The molecule has 5 rings (SSSR count). The smallest absolute Gasteiger partial charge is 0.230 e. The molecule has 0 spiro atoms. The van der Waals surface area contributed by atoms with Gasteiger partial charge < -0.3 is 30.5 Å². The van der Waals surface area contributed by atoms with Gasteiger partial charge in [0.1, 0.15) is 34.4 Å². The zero-order chi connectivity index (χ0) is 28.1. The lowest BCUT2D eigenvalue weighted by Crippen LogP contribution is -2.35. The van der Waals surface area contributed by atoms with E-state index in [-0.39, 0.29) is 22.6 Å². The number of pyridine rings is 1. The van der Waals surface area contributed by atoms with Crippen LogP contribution in [0.1, 0.15) is 25.7 Å². The van der Waals surface area contributed by atoms with Crippen LogP contribution in [0.15, 0.2) is 70.8 Å². The Morgan fingerprint density at radius 2 is 1.93 bits per heavy atom. The van der Waals surface area contributed by atoms with E-state index >= 15 is 0 Å². The molecule has 2 aliphatic carbocycles. The molecule has 4 N–H and O–H groups in total. The van der Waals surface area contributed by atoms with E-state index in [1.165, 1.54) is 25.2 Å². The molecule has 2 unspecified atom stereocenters. The Morgan fingerprint density at radius 3 is 2.67 bits per heavy atom. The highest BCUT2D eigenvalue weighted by atomic mass is 35.5. The second kappa shape index (κ2) is 12.7. The summed E-state index contributed by atoms with van der Waals surface area (Å²) < 4.78 is 5.20. The van der Waals surface area contributed by atoms with Crippen molar-refractivity contribution in [2.75, 3.05) is 30.8 Å². The molecular formula is C28H29Cl2N7O3. The van der Waals surface area contributed by atoms with Crippen molar-refractivity contribution in [2.24, 2.45) is 0 Å². The van der Waals surface area contributed by atoms with Crippen LogP contribution in [-0.2, 0) is 4.74 Å². The fourth-order valence-electron chi connectivity index (χ4n) is 4.57. The summed E-state index contributed by atoms with van der Waals surface area (Å²) in [5.41, 5.74) is 3.12. The van der Waals surface area contributed by atoms with Crippen LogP contribution in [0.4, 0.5) is 11.8 Å². The fraction of sp³-hybridized carbons (Fsp3) is 0.357. The number of anilines is 2. The van der Waals surface area contributed by atoms with Gasteiger partial charge in [-0.15, -0.1) is 11.6 Å². The van der Waals surface area contributed by atoms with E-state index in [0.29, 0.717) is 23.2 Å². The zero-order valence-corrected chi connectivity index (χ0v) is 23.3. The fourth-order valence-corrected chi connectivity index (χ4v) is 5.07. The number of allylic oxidation sites excluding steroid dienone is 6. The molecule has 12 heteroatoms.